The lowest BCUT2D eigenvalue weighted by molar-refractivity contribution is -0.127. The summed E-state index contributed by atoms with van der Waals surface area (Å²) in [4.78, 5) is 25.7. The zero-order valence-electron chi connectivity index (χ0n) is 18.6. The molecule has 2 aromatic carbocycles. The van der Waals surface area contributed by atoms with Gasteiger partial charge in [-0.2, -0.15) is 0 Å². The number of benzene rings is 2. The fourth-order valence-corrected chi connectivity index (χ4v) is 4.16. The number of rotatable bonds is 10. The molecule has 176 valence electrons. The van der Waals surface area contributed by atoms with Crippen molar-refractivity contribution in [3.63, 3.8) is 0 Å². The van der Waals surface area contributed by atoms with Gasteiger partial charge in [-0.15, -0.1) is 0 Å². The molecule has 2 rings (SSSR count). The summed E-state index contributed by atoms with van der Waals surface area (Å²) in [7, 11) is 0.262. The summed E-state index contributed by atoms with van der Waals surface area (Å²) in [6.07, 6.45) is 2.24. The molecule has 0 spiro atoms. The number of carbonyl (C=O) groups is 2. The van der Waals surface area contributed by atoms with E-state index in [1.807, 2.05) is 18.8 Å². The van der Waals surface area contributed by atoms with Crippen molar-refractivity contribution in [1.29, 1.82) is 0 Å². The number of ether oxygens (including phenoxy) is 1. The molecule has 1 atom stereocenters. The van der Waals surface area contributed by atoms with Crippen molar-refractivity contribution in [3.8, 4) is 0 Å². The van der Waals surface area contributed by atoms with Crippen LogP contribution >= 0.6 is 10.0 Å². The number of halogens is 3. The summed E-state index contributed by atoms with van der Waals surface area (Å²) in [6, 6.07) is 10.1. The van der Waals surface area contributed by atoms with Crippen molar-refractivity contribution < 1.29 is 27.5 Å². The van der Waals surface area contributed by atoms with Crippen LogP contribution in [0.15, 0.2) is 47.4 Å². The van der Waals surface area contributed by atoms with Crippen LogP contribution in [0, 0.1) is 5.82 Å². The van der Waals surface area contributed by atoms with Crippen molar-refractivity contribution >= 4 is 27.5 Å². The zero-order chi connectivity index (χ0) is 23.9. The largest absolute Gasteiger partial charge is 0.380 e. The van der Waals surface area contributed by atoms with E-state index in [0.717, 1.165) is 5.56 Å². The minimum atomic E-state index is -2.62. The molecule has 0 radical (unpaired) electrons. The normalized spacial score (nSPS) is 13.0. The second kappa shape index (κ2) is 11.4. The van der Waals surface area contributed by atoms with E-state index >= 15 is 0 Å². The Balaban J connectivity index is 2.24. The summed E-state index contributed by atoms with van der Waals surface area (Å²) in [6.45, 7) is 0.374. The maximum atomic E-state index is 14.5. The Hall–Kier alpha value is -2.52. The molecule has 2 amide bonds. The van der Waals surface area contributed by atoms with Crippen LogP contribution in [-0.4, -0.2) is 44.1 Å². The molecular formula is C23H29F3N2O3S. The molecule has 0 aliphatic heterocycles. The van der Waals surface area contributed by atoms with E-state index in [9.17, 15) is 22.8 Å². The molecule has 2 aromatic rings. The van der Waals surface area contributed by atoms with Crippen molar-refractivity contribution in [2.24, 2.45) is 0 Å². The average Bonchev–Trinajstić information content (AvgIpc) is 2.70. The second-order valence-electron chi connectivity index (χ2n) is 8.08. The minimum absolute atomic E-state index is 0.239. The second-order valence-corrected chi connectivity index (χ2v) is 12.2. The Bertz CT molecular complexity index is 931. The lowest BCUT2D eigenvalue weighted by atomic mass is 10.0. The fraction of sp³-hybridized carbons (Fsp3) is 0.391. The highest BCUT2D eigenvalue weighted by Gasteiger charge is 2.24. The lowest BCUT2D eigenvalue weighted by Crippen LogP contribution is -2.37. The minimum Gasteiger partial charge on any atom is -0.380 e. The van der Waals surface area contributed by atoms with Gasteiger partial charge in [-0.25, -0.2) is 23.2 Å². The third-order valence-electron chi connectivity index (χ3n) is 4.64. The summed E-state index contributed by atoms with van der Waals surface area (Å²) in [5, 5.41) is 5.12. The first-order chi connectivity index (χ1) is 15.0. The van der Waals surface area contributed by atoms with Crippen LogP contribution in [-0.2, 0) is 20.9 Å². The average molecular weight is 471 g/mol. The molecule has 0 saturated heterocycles. The third kappa shape index (κ3) is 7.56. The maximum absolute atomic E-state index is 14.5. The molecule has 0 aliphatic rings. The first kappa shape index (κ1) is 25.7. The molecule has 0 bridgehead atoms. The Labute approximate surface area is 188 Å². The molecule has 32 heavy (non-hydrogen) atoms. The van der Waals surface area contributed by atoms with E-state index in [2.05, 4.69) is 10.6 Å². The molecule has 0 aromatic heterocycles. The molecule has 0 fully saturated rings. The smallest absolute Gasteiger partial charge is 0.251 e. The van der Waals surface area contributed by atoms with E-state index in [1.165, 1.54) is 6.07 Å². The van der Waals surface area contributed by atoms with Crippen LogP contribution in [0.5, 0.6) is 0 Å². The number of amides is 2. The Kier molecular flexibility index (Phi) is 9.15. The molecule has 2 N–H and O–H groups in total. The molecule has 0 heterocycles. The fourth-order valence-electron chi connectivity index (χ4n) is 3.04. The molecular weight excluding hydrogens is 441 g/mol. The number of hydrogen-bond acceptors (Lipinski definition) is 3. The van der Waals surface area contributed by atoms with Gasteiger partial charge in [0, 0.05) is 30.5 Å². The van der Waals surface area contributed by atoms with E-state index in [1.54, 1.807) is 43.5 Å². The lowest BCUT2D eigenvalue weighted by Gasteiger charge is -2.26. The first-order valence-corrected chi connectivity index (χ1v) is 12.8. The summed E-state index contributed by atoms with van der Waals surface area (Å²) >= 11 is 0. The Morgan fingerprint density at radius 2 is 1.72 bits per heavy atom. The SMILES string of the molecule is COCc1ccc([C@@H](NC(=O)CCC(F)F)C(=O)Nc2ccc(S(C)(C)C)c(F)c2)cc1. The number of alkyl halides is 2. The van der Waals surface area contributed by atoms with Gasteiger partial charge < -0.3 is 15.4 Å². The highest BCUT2D eigenvalue weighted by Crippen LogP contribution is 2.46. The standard InChI is InChI=1S/C23H29F3N2O3S/c1-31-14-15-5-7-16(8-6-15)22(28-21(29)12-11-20(25)26)23(30)27-17-9-10-19(18(24)13-17)32(2,3)4/h5-10,13,20,22H,11-12,14H2,1-4H3,(H,27,30)(H,28,29)/t22-/m1/s1. The van der Waals surface area contributed by atoms with Crippen molar-refractivity contribution in [3.05, 3.63) is 59.4 Å². The molecule has 0 saturated carbocycles. The number of anilines is 1. The number of hydrogen-bond donors (Lipinski definition) is 2. The molecule has 9 heteroatoms. The van der Waals surface area contributed by atoms with Crippen LogP contribution in [0.2, 0.25) is 0 Å². The Morgan fingerprint density at radius 3 is 2.25 bits per heavy atom. The summed E-state index contributed by atoms with van der Waals surface area (Å²) in [5.74, 6) is -1.71. The van der Waals surface area contributed by atoms with E-state index < -0.39 is 53.0 Å². The number of nitrogens with one attached hydrogen (secondary N) is 2. The van der Waals surface area contributed by atoms with Gasteiger partial charge in [0.25, 0.3) is 5.91 Å². The van der Waals surface area contributed by atoms with E-state index in [-0.39, 0.29) is 5.69 Å². The predicted molar refractivity (Wildman–Crippen MR) is 122 cm³/mol. The van der Waals surface area contributed by atoms with Crippen LogP contribution in [0.3, 0.4) is 0 Å². The quantitative estimate of drug-likeness (QED) is 0.521. The zero-order valence-corrected chi connectivity index (χ0v) is 19.4. The number of carbonyl (C=O) groups excluding carboxylic acids is 2. The molecule has 0 unspecified atom stereocenters. The number of methoxy groups -OCH3 is 1. The van der Waals surface area contributed by atoms with Gasteiger partial charge in [-0.3, -0.25) is 9.59 Å². The van der Waals surface area contributed by atoms with Crippen LogP contribution in [0.25, 0.3) is 0 Å². The third-order valence-corrected chi connectivity index (χ3v) is 6.29. The molecule has 0 aliphatic carbocycles. The van der Waals surface area contributed by atoms with Crippen LogP contribution < -0.4 is 10.6 Å². The van der Waals surface area contributed by atoms with Crippen LogP contribution in [0.1, 0.15) is 30.0 Å². The first-order valence-electron chi connectivity index (χ1n) is 9.95. The van der Waals surface area contributed by atoms with E-state index in [0.29, 0.717) is 17.1 Å². The highest BCUT2D eigenvalue weighted by molar-refractivity contribution is 8.32. The molecule has 5 nitrogen and oxygen atoms in total. The van der Waals surface area contributed by atoms with Gasteiger partial charge in [-0.1, -0.05) is 24.3 Å². The van der Waals surface area contributed by atoms with Gasteiger partial charge in [0.15, 0.2) is 0 Å². The summed E-state index contributed by atoms with van der Waals surface area (Å²) < 4.78 is 44.5. The summed E-state index contributed by atoms with van der Waals surface area (Å²) in [5.41, 5.74) is 1.56. The van der Waals surface area contributed by atoms with E-state index in [4.69, 9.17) is 4.74 Å². The van der Waals surface area contributed by atoms with Crippen molar-refractivity contribution in [2.45, 2.75) is 36.8 Å². The maximum Gasteiger partial charge on any atom is 0.251 e. The van der Waals surface area contributed by atoms with Crippen molar-refractivity contribution in [2.75, 3.05) is 31.2 Å². The van der Waals surface area contributed by atoms with Crippen molar-refractivity contribution in [1.82, 2.24) is 5.32 Å². The monoisotopic (exact) mass is 470 g/mol. The topological polar surface area (TPSA) is 67.4 Å². The Morgan fingerprint density at radius 1 is 1.06 bits per heavy atom. The predicted octanol–water partition coefficient (Wildman–Crippen LogP) is 4.87. The van der Waals surface area contributed by atoms with Gasteiger partial charge in [-0.05, 0) is 48.1 Å². The van der Waals surface area contributed by atoms with Gasteiger partial charge in [0.1, 0.15) is 11.9 Å². The highest BCUT2D eigenvalue weighted by atomic mass is 32.3. The van der Waals surface area contributed by atoms with Gasteiger partial charge >= 0.3 is 0 Å². The van der Waals surface area contributed by atoms with Gasteiger partial charge in [0.2, 0.25) is 12.3 Å². The van der Waals surface area contributed by atoms with Crippen LogP contribution in [0.4, 0.5) is 18.9 Å². The van der Waals surface area contributed by atoms with Gasteiger partial charge in [0.05, 0.1) is 6.61 Å².